The lowest BCUT2D eigenvalue weighted by Gasteiger charge is -2.31. The maximum absolute atomic E-state index is 13.2. The molecule has 0 aromatic heterocycles. The highest BCUT2D eigenvalue weighted by Gasteiger charge is 2.23. The summed E-state index contributed by atoms with van der Waals surface area (Å²) >= 11 is 0. The van der Waals surface area contributed by atoms with E-state index in [1.807, 2.05) is 0 Å². The minimum Gasteiger partial charge on any atom is -0.303 e. The minimum atomic E-state index is -0.705. The smallest absolute Gasteiger partial charge is 0.163 e. The van der Waals surface area contributed by atoms with Crippen molar-refractivity contribution >= 4 is 11.6 Å². The molecule has 2 aliphatic rings. The molecule has 0 N–H and O–H groups in total. The Balaban J connectivity index is 1.31. The molecule has 28 heavy (non-hydrogen) atoms. The summed E-state index contributed by atoms with van der Waals surface area (Å²) in [6, 6.07) is 3.01. The Labute approximate surface area is 166 Å². The topological polar surface area (TPSA) is 37.4 Å². The van der Waals surface area contributed by atoms with Crippen LogP contribution in [0.2, 0.25) is 0 Å². The van der Waals surface area contributed by atoms with Crippen molar-refractivity contribution in [1.82, 2.24) is 4.90 Å². The van der Waals surface area contributed by atoms with Crippen LogP contribution in [-0.4, -0.2) is 36.1 Å². The summed E-state index contributed by atoms with van der Waals surface area (Å²) in [4.78, 5) is 26.8. The van der Waals surface area contributed by atoms with Crippen LogP contribution in [-0.2, 0) is 4.79 Å². The van der Waals surface area contributed by atoms with E-state index in [4.69, 9.17) is 0 Å². The summed E-state index contributed by atoms with van der Waals surface area (Å²) in [6.45, 7) is 2.99. The van der Waals surface area contributed by atoms with Crippen LogP contribution in [0.3, 0.4) is 0 Å². The number of carbonyl (C=O) groups excluding carboxylic acids is 2. The van der Waals surface area contributed by atoms with Gasteiger partial charge in [-0.25, -0.2) is 8.78 Å². The number of piperidine rings is 1. The van der Waals surface area contributed by atoms with Crippen molar-refractivity contribution in [3.63, 3.8) is 0 Å². The van der Waals surface area contributed by atoms with Crippen LogP contribution in [0.1, 0.15) is 74.6 Å². The van der Waals surface area contributed by atoms with E-state index in [0.717, 1.165) is 76.4 Å². The summed E-state index contributed by atoms with van der Waals surface area (Å²) < 4.78 is 26.5. The monoisotopic (exact) mass is 391 g/mol. The van der Waals surface area contributed by atoms with Crippen LogP contribution in [0.4, 0.5) is 8.78 Å². The molecule has 0 amide bonds. The Bertz CT molecular complexity index is 657. The van der Waals surface area contributed by atoms with E-state index < -0.39 is 11.6 Å². The van der Waals surface area contributed by atoms with Crippen molar-refractivity contribution in [2.45, 2.75) is 64.2 Å². The number of hydrogen-bond donors (Lipinski definition) is 0. The molecule has 3 nitrogen and oxygen atoms in total. The third kappa shape index (κ3) is 6.20. The van der Waals surface area contributed by atoms with Gasteiger partial charge in [0.15, 0.2) is 5.78 Å². The molecule has 3 rings (SSSR count). The molecule has 154 valence electrons. The van der Waals surface area contributed by atoms with Crippen molar-refractivity contribution in [3.8, 4) is 0 Å². The fourth-order valence-corrected chi connectivity index (χ4v) is 4.62. The Morgan fingerprint density at radius 1 is 0.929 bits per heavy atom. The fourth-order valence-electron chi connectivity index (χ4n) is 4.62. The first kappa shape index (κ1) is 21.1. The van der Waals surface area contributed by atoms with Gasteiger partial charge in [-0.15, -0.1) is 0 Å². The molecule has 1 aliphatic heterocycles. The average Bonchev–Trinajstić information content (AvgIpc) is 3.21. The third-order valence-corrected chi connectivity index (χ3v) is 6.38. The molecule has 1 heterocycles. The maximum Gasteiger partial charge on any atom is 0.163 e. The van der Waals surface area contributed by atoms with Crippen molar-refractivity contribution in [1.29, 1.82) is 0 Å². The van der Waals surface area contributed by atoms with Gasteiger partial charge in [-0.05, 0) is 76.2 Å². The number of Topliss-reactive ketones (excluding diaryl/α,β-unsaturated/α-hetero) is 2. The van der Waals surface area contributed by atoms with Gasteiger partial charge in [0.25, 0.3) is 0 Å². The zero-order valence-corrected chi connectivity index (χ0v) is 16.6. The predicted molar refractivity (Wildman–Crippen MR) is 105 cm³/mol. The van der Waals surface area contributed by atoms with Crippen LogP contribution in [0.5, 0.6) is 0 Å². The molecule has 2 fully saturated rings. The molecule has 0 spiro atoms. The maximum atomic E-state index is 13.2. The van der Waals surface area contributed by atoms with E-state index in [9.17, 15) is 18.4 Å². The van der Waals surface area contributed by atoms with Crippen LogP contribution in [0, 0.1) is 23.5 Å². The first-order valence-corrected chi connectivity index (χ1v) is 10.8. The molecule has 0 bridgehead atoms. The first-order valence-electron chi connectivity index (χ1n) is 10.8. The second-order valence-corrected chi connectivity index (χ2v) is 8.46. The molecule has 1 aliphatic carbocycles. The largest absolute Gasteiger partial charge is 0.303 e. The van der Waals surface area contributed by atoms with E-state index in [1.54, 1.807) is 0 Å². The molecule has 5 heteroatoms. The normalized spacial score (nSPS) is 19.2. The van der Waals surface area contributed by atoms with Crippen LogP contribution < -0.4 is 0 Å². The summed E-state index contributed by atoms with van der Waals surface area (Å²) in [5.41, 5.74) is 0.127. The molecule has 0 unspecified atom stereocenters. The number of nitrogens with zero attached hydrogens (tertiary/aromatic N) is 1. The van der Waals surface area contributed by atoms with Crippen molar-refractivity contribution < 1.29 is 18.4 Å². The molecule has 0 radical (unpaired) electrons. The summed E-state index contributed by atoms with van der Waals surface area (Å²) in [6.07, 6.45) is 9.45. The molecule has 1 aromatic rings. The van der Waals surface area contributed by atoms with Crippen LogP contribution >= 0.6 is 0 Å². The van der Waals surface area contributed by atoms with E-state index in [2.05, 4.69) is 4.90 Å². The van der Waals surface area contributed by atoms with Gasteiger partial charge in [-0.3, -0.25) is 9.59 Å². The van der Waals surface area contributed by atoms with E-state index in [0.29, 0.717) is 30.5 Å². The van der Waals surface area contributed by atoms with Crippen molar-refractivity contribution in [2.75, 3.05) is 19.6 Å². The molecular weight excluding hydrogens is 360 g/mol. The molecule has 1 saturated heterocycles. The lowest BCUT2D eigenvalue weighted by molar-refractivity contribution is -0.122. The molecule has 1 aromatic carbocycles. The highest BCUT2D eigenvalue weighted by atomic mass is 19.1. The number of carbonyl (C=O) groups is 2. The standard InChI is InChI=1S/C23H31F2NO2/c24-20-14-19(15-21(25)16-20)23(28)8-7-17-9-12-26(13-10-17)11-3-6-22(27)18-4-1-2-5-18/h14-18H,1-13H2. The number of likely N-dealkylation sites (tertiary alicyclic amines) is 1. The minimum absolute atomic E-state index is 0.127. The van der Waals surface area contributed by atoms with Gasteiger partial charge in [0.05, 0.1) is 0 Å². The van der Waals surface area contributed by atoms with Gasteiger partial charge in [-0.2, -0.15) is 0 Å². The van der Waals surface area contributed by atoms with E-state index >= 15 is 0 Å². The Morgan fingerprint density at radius 3 is 2.21 bits per heavy atom. The predicted octanol–water partition coefficient (Wildman–Crippen LogP) is 5.18. The van der Waals surface area contributed by atoms with Gasteiger partial charge in [-0.1, -0.05) is 12.8 Å². The number of hydrogen-bond acceptors (Lipinski definition) is 3. The summed E-state index contributed by atoms with van der Waals surface area (Å²) in [5.74, 6) is -0.328. The van der Waals surface area contributed by atoms with Crippen LogP contribution in [0.15, 0.2) is 18.2 Å². The van der Waals surface area contributed by atoms with Gasteiger partial charge in [0.2, 0.25) is 0 Å². The summed E-state index contributed by atoms with van der Waals surface area (Å²) in [5, 5.41) is 0. The zero-order chi connectivity index (χ0) is 19.9. The molecular formula is C23H31F2NO2. The van der Waals surface area contributed by atoms with Crippen LogP contribution in [0.25, 0.3) is 0 Å². The lowest BCUT2D eigenvalue weighted by atomic mass is 9.90. The molecule has 1 saturated carbocycles. The van der Waals surface area contributed by atoms with Gasteiger partial charge in [0.1, 0.15) is 17.4 Å². The Hall–Kier alpha value is -1.62. The fraction of sp³-hybridized carbons (Fsp3) is 0.652. The van der Waals surface area contributed by atoms with E-state index in [-0.39, 0.29) is 11.3 Å². The molecule has 0 atom stereocenters. The summed E-state index contributed by atoms with van der Waals surface area (Å²) in [7, 11) is 0. The van der Waals surface area contributed by atoms with Gasteiger partial charge < -0.3 is 4.90 Å². The van der Waals surface area contributed by atoms with Gasteiger partial charge in [0, 0.05) is 30.4 Å². The number of rotatable bonds is 9. The quantitative estimate of drug-likeness (QED) is 0.545. The zero-order valence-electron chi connectivity index (χ0n) is 16.6. The highest BCUT2D eigenvalue weighted by Crippen LogP contribution is 2.27. The lowest BCUT2D eigenvalue weighted by Crippen LogP contribution is -2.34. The number of benzene rings is 1. The SMILES string of the molecule is O=C(CCC1CCN(CCCC(=O)C2CCCC2)CC1)c1cc(F)cc(F)c1. The number of halogens is 2. The first-order chi connectivity index (χ1) is 13.5. The second-order valence-electron chi connectivity index (χ2n) is 8.46. The second kappa shape index (κ2) is 10.2. The van der Waals surface area contributed by atoms with Crippen molar-refractivity contribution in [2.24, 2.45) is 11.8 Å². The average molecular weight is 392 g/mol. The van der Waals surface area contributed by atoms with E-state index in [1.165, 1.54) is 12.8 Å². The highest BCUT2D eigenvalue weighted by molar-refractivity contribution is 5.96. The Kier molecular flexibility index (Phi) is 7.72. The number of ketones is 2. The van der Waals surface area contributed by atoms with Gasteiger partial charge >= 0.3 is 0 Å². The Morgan fingerprint density at radius 2 is 1.57 bits per heavy atom. The third-order valence-electron chi connectivity index (χ3n) is 6.38. The van der Waals surface area contributed by atoms with Crippen molar-refractivity contribution in [3.05, 3.63) is 35.4 Å².